The highest BCUT2D eigenvalue weighted by Gasteiger charge is 2.17. The van der Waals surface area contributed by atoms with Gasteiger partial charge in [-0.15, -0.1) is 0 Å². The van der Waals surface area contributed by atoms with Crippen molar-refractivity contribution in [2.45, 2.75) is 26.8 Å². The summed E-state index contributed by atoms with van der Waals surface area (Å²) in [6.45, 7) is 5.42. The summed E-state index contributed by atoms with van der Waals surface area (Å²) in [5.41, 5.74) is 0.213. The van der Waals surface area contributed by atoms with E-state index in [1.165, 1.54) is 11.6 Å². The third-order valence-electron chi connectivity index (χ3n) is 3.12. The molecule has 0 spiro atoms. The molecule has 1 N–H and O–H groups in total. The highest BCUT2D eigenvalue weighted by atomic mass is 16.2. The number of rotatable bonds is 4. The van der Waals surface area contributed by atoms with Gasteiger partial charge in [-0.1, -0.05) is 6.92 Å². The molecule has 7 heteroatoms. The fraction of sp³-hybridized carbons (Fsp3) is 0.583. The summed E-state index contributed by atoms with van der Waals surface area (Å²) >= 11 is 0. The second-order valence-electron chi connectivity index (χ2n) is 4.50. The van der Waals surface area contributed by atoms with Crippen LogP contribution < -0.4 is 16.6 Å². The largest absolute Gasteiger partial charge is 0.356 e. The molecule has 0 aliphatic carbocycles. The zero-order valence-electron chi connectivity index (χ0n) is 11.7. The first-order chi connectivity index (χ1) is 9.02. The summed E-state index contributed by atoms with van der Waals surface area (Å²) < 4.78 is 4.45. The average Bonchev–Trinajstić information content (AvgIpc) is 2.74. The zero-order valence-corrected chi connectivity index (χ0v) is 11.7. The fourth-order valence-electron chi connectivity index (χ4n) is 2.22. The molecule has 2 aromatic rings. The summed E-state index contributed by atoms with van der Waals surface area (Å²) in [5.74, 6) is 0.637. The molecule has 0 fully saturated rings. The lowest BCUT2D eigenvalue weighted by Gasteiger charge is -2.10. The Kier molecular flexibility index (Phi) is 3.46. The van der Waals surface area contributed by atoms with Gasteiger partial charge in [0.05, 0.1) is 0 Å². The van der Waals surface area contributed by atoms with E-state index in [1.807, 2.05) is 18.4 Å². The van der Waals surface area contributed by atoms with Gasteiger partial charge in [-0.25, -0.2) is 9.78 Å². The van der Waals surface area contributed by atoms with Gasteiger partial charge in [0.2, 0.25) is 5.95 Å². The second kappa shape index (κ2) is 4.91. The van der Waals surface area contributed by atoms with Gasteiger partial charge >= 0.3 is 5.69 Å². The summed E-state index contributed by atoms with van der Waals surface area (Å²) in [6, 6.07) is 0. The Labute approximate surface area is 110 Å². The summed E-state index contributed by atoms with van der Waals surface area (Å²) in [7, 11) is 3.13. The lowest BCUT2D eigenvalue weighted by atomic mass is 10.4. The number of aromatic nitrogens is 4. The van der Waals surface area contributed by atoms with E-state index in [2.05, 4.69) is 10.3 Å². The Balaban J connectivity index is 2.92. The van der Waals surface area contributed by atoms with E-state index in [1.54, 1.807) is 7.05 Å². The molecule has 2 rings (SSSR count). The summed E-state index contributed by atoms with van der Waals surface area (Å²) in [4.78, 5) is 28.5. The quantitative estimate of drug-likeness (QED) is 0.861. The Morgan fingerprint density at radius 2 is 1.84 bits per heavy atom. The fourth-order valence-corrected chi connectivity index (χ4v) is 2.22. The van der Waals surface area contributed by atoms with Crippen LogP contribution in [-0.2, 0) is 20.6 Å². The van der Waals surface area contributed by atoms with Gasteiger partial charge in [0, 0.05) is 27.2 Å². The van der Waals surface area contributed by atoms with Crippen molar-refractivity contribution in [2.24, 2.45) is 14.1 Å². The first kappa shape index (κ1) is 13.4. The van der Waals surface area contributed by atoms with Crippen LogP contribution in [0.3, 0.4) is 0 Å². The second-order valence-corrected chi connectivity index (χ2v) is 4.50. The molecule has 0 aliphatic heterocycles. The molecule has 0 bridgehead atoms. The van der Waals surface area contributed by atoms with Crippen molar-refractivity contribution in [1.29, 1.82) is 0 Å². The lowest BCUT2D eigenvalue weighted by Crippen LogP contribution is -2.37. The molecule has 0 saturated heterocycles. The monoisotopic (exact) mass is 265 g/mol. The highest BCUT2D eigenvalue weighted by Crippen LogP contribution is 2.15. The molecular weight excluding hydrogens is 246 g/mol. The predicted octanol–water partition coefficient (Wildman–Crippen LogP) is 0.275. The Hall–Kier alpha value is -2.05. The maximum absolute atomic E-state index is 12.1. The maximum Gasteiger partial charge on any atom is 0.332 e. The number of aryl methyl sites for hydroxylation is 2. The van der Waals surface area contributed by atoms with Crippen LogP contribution in [0.1, 0.15) is 20.3 Å². The van der Waals surface area contributed by atoms with Crippen LogP contribution in [0.15, 0.2) is 9.59 Å². The van der Waals surface area contributed by atoms with E-state index >= 15 is 0 Å². The number of fused-ring (bicyclic) bond motifs is 1. The highest BCUT2D eigenvalue weighted by molar-refractivity contribution is 5.74. The molecule has 19 heavy (non-hydrogen) atoms. The van der Waals surface area contributed by atoms with Crippen molar-refractivity contribution < 1.29 is 0 Å². The lowest BCUT2D eigenvalue weighted by molar-refractivity contribution is 0.655. The average molecular weight is 265 g/mol. The minimum Gasteiger partial charge on any atom is -0.356 e. The van der Waals surface area contributed by atoms with Gasteiger partial charge in [-0.05, 0) is 13.3 Å². The third kappa shape index (κ3) is 1.94. The molecule has 104 valence electrons. The zero-order chi connectivity index (χ0) is 14.2. The van der Waals surface area contributed by atoms with Gasteiger partial charge in [0.25, 0.3) is 5.56 Å². The predicted molar refractivity (Wildman–Crippen MR) is 74.7 cm³/mol. The molecule has 7 nitrogen and oxygen atoms in total. The van der Waals surface area contributed by atoms with Gasteiger partial charge in [-0.2, -0.15) is 0 Å². The topological polar surface area (TPSA) is 73.8 Å². The third-order valence-corrected chi connectivity index (χ3v) is 3.12. The molecule has 0 aromatic carbocycles. The Morgan fingerprint density at radius 1 is 1.16 bits per heavy atom. The minimum atomic E-state index is -0.355. The van der Waals surface area contributed by atoms with E-state index in [4.69, 9.17) is 0 Å². The number of hydrogen-bond acceptors (Lipinski definition) is 4. The molecule has 0 amide bonds. The number of nitrogens with one attached hydrogen (secondary N) is 1. The van der Waals surface area contributed by atoms with Crippen molar-refractivity contribution in [1.82, 2.24) is 18.7 Å². The SMILES string of the molecule is CCCn1c(NCC)nc2c(=O)n(C)c(=O)n(C)c21. The van der Waals surface area contributed by atoms with Gasteiger partial charge in [0.15, 0.2) is 11.2 Å². The van der Waals surface area contributed by atoms with Gasteiger partial charge in [0.1, 0.15) is 0 Å². The van der Waals surface area contributed by atoms with E-state index < -0.39 is 0 Å². The van der Waals surface area contributed by atoms with Gasteiger partial charge < -0.3 is 5.32 Å². The number of nitrogens with zero attached hydrogens (tertiary/aromatic N) is 4. The standard InChI is InChI=1S/C12H19N5O2/c1-5-7-17-9-8(14-11(17)13-6-2)10(18)16(4)12(19)15(9)3/h5-7H2,1-4H3,(H,13,14). The maximum atomic E-state index is 12.1. The van der Waals surface area contributed by atoms with Gasteiger partial charge in [-0.3, -0.25) is 18.5 Å². The number of anilines is 1. The molecular formula is C12H19N5O2. The molecule has 0 atom stereocenters. The van der Waals surface area contributed by atoms with Crippen LogP contribution >= 0.6 is 0 Å². The summed E-state index contributed by atoms with van der Waals surface area (Å²) in [6.07, 6.45) is 0.896. The minimum absolute atomic E-state index is 0.328. The van der Waals surface area contributed by atoms with Crippen molar-refractivity contribution in [2.75, 3.05) is 11.9 Å². The Morgan fingerprint density at radius 3 is 2.42 bits per heavy atom. The van der Waals surface area contributed by atoms with Crippen LogP contribution in [-0.4, -0.2) is 25.2 Å². The van der Waals surface area contributed by atoms with Crippen LogP contribution in [0.5, 0.6) is 0 Å². The van der Waals surface area contributed by atoms with Crippen LogP contribution in [0, 0.1) is 0 Å². The van der Waals surface area contributed by atoms with Crippen molar-refractivity contribution >= 4 is 17.1 Å². The molecule has 0 radical (unpaired) electrons. The normalized spacial score (nSPS) is 11.2. The summed E-state index contributed by atoms with van der Waals surface area (Å²) in [5, 5.41) is 3.13. The molecule has 0 saturated carbocycles. The van der Waals surface area contributed by atoms with E-state index in [-0.39, 0.29) is 11.2 Å². The molecule has 2 heterocycles. The van der Waals surface area contributed by atoms with E-state index in [0.717, 1.165) is 11.0 Å². The van der Waals surface area contributed by atoms with Crippen LogP contribution in [0.2, 0.25) is 0 Å². The van der Waals surface area contributed by atoms with Crippen molar-refractivity contribution in [3.8, 4) is 0 Å². The smallest absolute Gasteiger partial charge is 0.332 e. The first-order valence-electron chi connectivity index (χ1n) is 6.43. The molecule has 0 aliphatic rings. The van der Waals surface area contributed by atoms with Crippen LogP contribution in [0.4, 0.5) is 5.95 Å². The van der Waals surface area contributed by atoms with E-state index in [9.17, 15) is 9.59 Å². The van der Waals surface area contributed by atoms with Crippen molar-refractivity contribution in [3.05, 3.63) is 20.8 Å². The molecule has 2 aromatic heterocycles. The van der Waals surface area contributed by atoms with Crippen LogP contribution in [0.25, 0.3) is 11.2 Å². The first-order valence-corrected chi connectivity index (χ1v) is 6.43. The number of imidazole rings is 1. The van der Waals surface area contributed by atoms with E-state index in [0.29, 0.717) is 30.2 Å². The number of hydrogen-bond donors (Lipinski definition) is 1. The molecule has 0 unspecified atom stereocenters. The van der Waals surface area contributed by atoms with Crippen molar-refractivity contribution in [3.63, 3.8) is 0 Å². The Bertz CT molecular complexity index is 722.